The number of nitrogens with zero attached hydrogens (tertiary/aromatic N) is 1. The standard InChI is InChI=1S/C29H28N4O7/c1-29(2,3)40-28(37)32-23(27(35)36)15-17-9-11-19(12-10-17)30-25(18-7-5-4-6-8-18)24-21-16-20(33(38)39)13-14-22(21)31-26(24)34/h4-14,16,23,30H,15H2,1-3H3,(H,31,34)(H,32,37)(H,35,36)/b25-24-. The summed E-state index contributed by atoms with van der Waals surface area (Å²) in [6.07, 6.45) is -0.811. The van der Waals surface area contributed by atoms with Gasteiger partial charge in [0.05, 0.1) is 16.2 Å². The van der Waals surface area contributed by atoms with Crippen molar-refractivity contribution in [1.82, 2.24) is 5.32 Å². The molecule has 0 spiro atoms. The number of aliphatic carboxylic acids is 1. The van der Waals surface area contributed by atoms with Crippen molar-refractivity contribution in [3.63, 3.8) is 0 Å². The highest BCUT2D eigenvalue weighted by Gasteiger charge is 2.30. The van der Waals surface area contributed by atoms with Gasteiger partial charge in [0.1, 0.15) is 11.6 Å². The maximum Gasteiger partial charge on any atom is 0.408 e. The molecule has 1 unspecified atom stereocenters. The van der Waals surface area contributed by atoms with Crippen LogP contribution in [-0.4, -0.2) is 39.6 Å². The first-order valence-corrected chi connectivity index (χ1v) is 12.4. The number of anilines is 2. The zero-order valence-corrected chi connectivity index (χ0v) is 22.1. The first kappa shape index (κ1) is 27.8. The molecule has 0 saturated heterocycles. The Balaban J connectivity index is 1.63. The minimum Gasteiger partial charge on any atom is -0.480 e. The van der Waals surface area contributed by atoms with Gasteiger partial charge >= 0.3 is 12.1 Å². The molecule has 0 fully saturated rings. The van der Waals surface area contributed by atoms with Crippen molar-refractivity contribution < 1.29 is 29.2 Å². The van der Waals surface area contributed by atoms with Gasteiger partial charge in [-0.05, 0) is 50.1 Å². The minimum absolute atomic E-state index is 0.0148. The fourth-order valence-electron chi connectivity index (χ4n) is 4.15. The van der Waals surface area contributed by atoms with Crippen LogP contribution >= 0.6 is 0 Å². The summed E-state index contributed by atoms with van der Waals surface area (Å²) < 4.78 is 5.17. The van der Waals surface area contributed by atoms with E-state index in [2.05, 4.69) is 16.0 Å². The highest BCUT2D eigenvalue weighted by molar-refractivity contribution is 6.37. The van der Waals surface area contributed by atoms with E-state index in [0.717, 1.165) is 0 Å². The number of amides is 2. The number of carboxylic acid groups (broad SMARTS) is 1. The second-order valence-corrected chi connectivity index (χ2v) is 10.1. The van der Waals surface area contributed by atoms with Crippen molar-refractivity contribution in [3.05, 3.63) is 99.6 Å². The van der Waals surface area contributed by atoms with Crippen molar-refractivity contribution in [1.29, 1.82) is 0 Å². The van der Waals surface area contributed by atoms with Gasteiger partial charge in [0.15, 0.2) is 0 Å². The number of benzene rings is 3. The molecule has 206 valence electrons. The van der Waals surface area contributed by atoms with Crippen LogP contribution in [0.4, 0.5) is 21.9 Å². The lowest BCUT2D eigenvalue weighted by Crippen LogP contribution is -2.44. The predicted molar refractivity (Wildman–Crippen MR) is 150 cm³/mol. The average molecular weight is 545 g/mol. The van der Waals surface area contributed by atoms with E-state index in [9.17, 15) is 29.6 Å². The fourth-order valence-corrected chi connectivity index (χ4v) is 4.15. The molecule has 1 heterocycles. The van der Waals surface area contributed by atoms with Gasteiger partial charge in [0.25, 0.3) is 11.6 Å². The number of alkyl carbamates (subject to hydrolysis) is 1. The molecule has 1 aliphatic rings. The smallest absolute Gasteiger partial charge is 0.408 e. The number of nitrogens with one attached hydrogen (secondary N) is 3. The highest BCUT2D eigenvalue weighted by atomic mass is 16.6. The van der Waals surface area contributed by atoms with Crippen LogP contribution in [0, 0.1) is 10.1 Å². The Morgan fingerprint density at radius 1 is 1.05 bits per heavy atom. The Morgan fingerprint density at radius 2 is 1.73 bits per heavy atom. The van der Waals surface area contributed by atoms with Gasteiger partial charge < -0.3 is 25.8 Å². The molecule has 0 bridgehead atoms. The lowest BCUT2D eigenvalue weighted by molar-refractivity contribution is -0.384. The van der Waals surface area contributed by atoms with Gasteiger partial charge in [-0.25, -0.2) is 9.59 Å². The first-order chi connectivity index (χ1) is 18.9. The van der Waals surface area contributed by atoms with Crippen molar-refractivity contribution in [2.24, 2.45) is 0 Å². The number of nitro benzene ring substituents is 1. The molecule has 4 N–H and O–H groups in total. The molecule has 0 aliphatic carbocycles. The third-order valence-corrected chi connectivity index (χ3v) is 5.92. The first-order valence-electron chi connectivity index (χ1n) is 12.4. The Morgan fingerprint density at radius 3 is 2.33 bits per heavy atom. The number of hydrogen-bond acceptors (Lipinski definition) is 7. The molecule has 0 radical (unpaired) electrons. The molecular formula is C29H28N4O7. The number of carbonyl (C=O) groups excluding carboxylic acids is 2. The zero-order chi connectivity index (χ0) is 29.0. The van der Waals surface area contributed by atoms with Gasteiger partial charge in [0, 0.05) is 35.5 Å². The van der Waals surface area contributed by atoms with E-state index >= 15 is 0 Å². The van der Waals surface area contributed by atoms with Crippen LogP contribution in [0.2, 0.25) is 0 Å². The molecular weight excluding hydrogens is 516 g/mol. The average Bonchev–Trinajstić information content (AvgIpc) is 3.21. The Bertz CT molecular complexity index is 1490. The van der Waals surface area contributed by atoms with Crippen LogP contribution in [0.5, 0.6) is 0 Å². The number of carbonyl (C=O) groups is 3. The van der Waals surface area contributed by atoms with Crippen LogP contribution < -0.4 is 16.0 Å². The normalized spacial score (nSPS) is 14.4. The fraction of sp³-hybridized carbons (Fsp3) is 0.207. The third-order valence-electron chi connectivity index (χ3n) is 5.92. The van der Waals surface area contributed by atoms with Crippen molar-refractivity contribution in [2.45, 2.75) is 38.8 Å². The van der Waals surface area contributed by atoms with Crippen molar-refractivity contribution in [2.75, 3.05) is 10.6 Å². The van der Waals surface area contributed by atoms with Crippen molar-refractivity contribution >= 4 is 46.3 Å². The van der Waals surface area contributed by atoms with Crippen LogP contribution in [0.3, 0.4) is 0 Å². The molecule has 1 atom stereocenters. The second kappa shape index (κ2) is 11.3. The lowest BCUT2D eigenvalue weighted by Gasteiger charge is -2.22. The van der Waals surface area contributed by atoms with Gasteiger partial charge in [0.2, 0.25) is 0 Å². The van der Waals surface area contributed by atoms with Crippen LogP contribution in [0.25, 0.3) is 11.3 Å². The maximum absolute atomic E-state index is 13.1. The molecule has 40 heavy (non-hydrogen) atoms. The summed E-state index contributed by atoms with van der Waals surface area (Å²) in [7, 11) is 0. The summed E-state index contributed by atoms with van der Waals surface area (Å²) in [4.78, 5) is 47.8. The summed E-state index contributed by atoms with van der Waals surface area (Å²) >= 11 is 0. The van der Waals surface area contributed by atoms with E-state index in [0.29, 0.717) is 33.8 Å². The summed E-state index contributed by atoms with van der Waals surface area (Å²) in [5, 5.41) is 29.4. The largest absolute Gasteiger partial charge is 0.480 e. The molecule has 3 aromatic carbocycles. The van der Waals surface area contributed by atoms with E-state index in [1.54, 1.807) is 45.0 Å². The molecule has 1 aliphatic heterocycles. The monoisotopic (exact) mass is 544 g/mol. The topological polar surface area (TPSA) is 160 Å². The Labute approximate surface area is 230 Å². The number of rotatable bonds is 8. The summed E-state index contributed by atoms with van der Waals surface area (Å²) in [5.74, 6) is -1.61. The number of ether oxygens (including phenoxy) is 1. The number of carboxylic acids is 1. The van der Waals surface area contributed by atoms with Crippen LogP contribution in [-0.2, 0) is 20.7 Å². The van der Waals surface area contributed by atoms with E-state index in [1.807, 2.05) is 30.3 Å². The Kier molecular flexibility index (Phi) is 7.85. The highest BCUT2D eigenvalue weighted by Crippen LogP contribution is 2.39. The molecule has 0 aromatic heterocycles. The molecule has 11 nitrogen and oxygen atoms in total. The van der Waals surface area contributed by atoms with E-state index < -0.39 is 34.5 Å². The Hall–Kier alpha value is -5.19. The quantitative estimate of drug-likeness (QED) is 0.174. The lowest BCUT2D eigenvalue weighted by atomic mass is 9.99. The maximum atomic E-state index is 13.1. The summed E-state index contributed by atoms with van der Waals surface area (Å²) in [6.45, 7) is 5.05. The summed E-state index contributed by atoms with van der Waals surface area (Å²) in [6, 6.07) is 18.9. The zero-order valence-electron chi connectivity index (χ0n) is 22.1. The minimum atomic E-state index is -1.20. The van der Waals surface area contributed by atoms with Gasteiger partial charge in [-0.15, -0.1) is 0 Å². The van der Waals surface area contributed by atoms with Gasteiger partial charge in [-0.2, -0.15) is 0 Å². The van der Waals surface area contributed by atoms with E-state index in [-0.39, 0.29) is 17.7 Å². The number of fused-ring (bicyclic) bond motifs is 1. The predicted octanol–water partition coefficient (Wildman–Crippen LogP) is 5.05. The van der Waals surface area contributed by atoms with Gasteiger partial charge in [-0.1, -0.05) is 42.5 Å². The molecule has 11 heteroatoms. The molecule has 4 rings (SSSR count). The van der Waals surface area contributed by atoms with Crippen LogP contribution in [0.1, 0.15) is 37.5 Å². The van der Waals surface area contributed by atoms with E-state index in [1.165, 1.54) is 18.2 Å². The summed E-state index contributed by atoms with van der Waals surface area (Å²) in [5.41, 5.74) is 2.57. The van der Waals surface area contributed by atoms with Crippen LogP contribution in [0.15, 0.2) is 72.8 Å². The number of nitro groups is 1. The third kappa shape index (κ3) is 6.62. The SMILES string of the molecule is CC(C)(C)OC(=O)NC(Cc1ccc(N/C(=C2\C(=O)Nc3ccc([N+](=O)[O-])cc32)c2ccccc2)cc1)C(=O)O. The van der Waals surface area contributed by atoms with Gasteiger partial charge in [-0.3, -0.25) is 14.9 Å². The van der Waals surface area contributed by atoms with Crippen molar-refractivity contribution in [3.8, 4) is 0 Å². The molecule has 3 aromatic rings. The molecule has 2 amide bonds. The molecule has 0 saturated carbocycles. The van der Waals surface area contributed by atoms with E-state index in [4.69, 9.17) is 4.74 Å². The number of hydrogen-bond donors (Lipinski definition) is 4. The second-order valence-electron chi connectivity index (χ2n) is 10.1. The number of non-ortho nitro benzene ring substituents is 1.